The van der Waals surface area contributed by atoms with Gasteiger partial charge in [-0.15, -0.1) is 12.4 Å². The molecule has 0 saturated carbocycles. The zero-order valence-corrected chi connectivity index (χ0v) is 24.0. The Morgan fingerprint density at radius 2 is 1.43 bits per heavy atom. The predicted molar refractivity (Wildman–Crippen MR) is 161 cm³/mol. The molecule has 0 aromatic heterocycles. The van der Waals surface area contributed by atoms with Gasteiger partial charge in [0.15, 0.2) is 0 Å². The molecular weight excluding hydrogens is 546 g/mol. The lowest BCUT2D eigenvalue weighted by atomic mass is 9.71. The van der Waals surface area contributed by atoms with E-state index in [0.717, 1.165) is 28.7 Å². The summed E-state index contributed by atoms with van der Waals surface area (Å²) in [4.78, 5) is 10.9. The van der Waals surface area contributed by atoms with Crippen LogP contribution in [0.25, 0.3) is 0 Å². The van der Waals surface area contributed by atoms with Crippen LogP contribution >= 0.6 is 12.4 Å². The molecule has 0 aliphatic rings. The molecule has 0 aliphatic heterocycles. The van der Waals surface area contributed by atoms with Gasteiger partial charge in [-0.3, -0.25) is 10.1 Å². The van der Waals surface area contributed by atoms with Crippen LogP contribution in [0.4, 0.5) is 5.69 Å². The summed E-state index contributed by atoms with van der Waals surface area (Å²) in [6.45, 7) is 3.29. The van der Waals surface area contributed by atoms with Crippen LogP contribution in [-0.2, 0) is 22.0 Å². The number of rotatable bonds is 13. The van der Waals surface area contributed by atoms with E-state index in [2.05, 4.69) is 10.0 Å². The Balaban J connectivity index is 0.00000441. The third kappa shape index (κ3) is 7.76. The van der Waals surface area contributed by atoms with Crippen molar-refractivity contribution in [1.29, 1.82) is 0 Å². The highest BCUT2D eigenvalue weighted by molar-refractivity contribution is 7.89. The third-order valence-electron chi connectivity index (χ3n) is 6.96. The number of nitro groups is 1. The van der Waals surface area contributed by atoms with Crippen molar-refractivity contribution in [2.45, 2.75) is 36.6 Å². The van der Waals surface area contributed by atoms with Crippen molar-refractivity contribution < 1.29 is 13.3 Å². The van der Waals surface area contributed by atoms with Crippen LogP contribution in [0.1, 0.15) is 35.1 Å². The standard InChI is InChI=1S/C31H33N3O4S.ClH/c1-25-16-18-30(19-17-25)39(37,38)33-24-31(27-11-4-2-5-12-27,28-13-6-3-7-14-28)20-9-21-32-23-26-10-8-15-29(22-26)34(35)36;/h2-8,10-19,22,32-33H,9,20-21,23-24H2,1H3;1H. The van der Waals surface area contributed by atoms with Gasteiger partial charge in [0.25, 0.3) is 5.69 Å². The maximum Gasteiger partial charge on any atom is 0.269 e. The summed E-state index contributed by atoms with van der Waals surface area (Å²) in [5.41, 5.74) is 3.36. The summed E-state index contributed by atoms with van der Waals surface area (Å²) < 4.78 is 29.5. The molecule has 9 heteroatoms. The molecule has 0 spiro atoms. The van der Waals surface area contributed by atoms with Gasteiger partial charge in [-0.1, -0.05) is 90.5 Å². The summed E-state index contributed by atoms with van der Waals surface area (Å²) in [7, 11) is -3.73. The maximum absolute atomic E-state index is 13.3. The Morgan fingerprint density at radius 3 is 2.00 bits per heavy atom. The van der Waals surface area contributed by atoms with E-state index in [1.165, 1.54) is 6.07 Å². The molecule has 0 bridgehead atoms. The van der Waals surface area contributed by atoms with E-state index in [9.17, 15) is 18.5 Å². The number of nitro benzene ring substituents is 1. The van der Waals surface area contributed by atoms with Crippen LogP contribution in [0.5, 0.6) is 0 Å². The largest absolute Gasteiger partial charge is 0.313 e. The van der Waals surface area contributed by atoms with Crippen LogP contribution in [0.3, 0.4) is 0 Å². The van der Waals surface area contributed by atoms with Crippen LogP contribution in [0.2, 0.25) is 0 Å². The van der Waals surface area contributed by atoms with Crippen molar-refractivity contribution in [3.05, 3.63) is 142 Å². The average Bonchev–Trinajstić information content (AvgIpc) is 2.96. The molecule has 0 atom stereocenters. The van der Waals surface area contributed by atoms with Crippen molar-refractivity contribution >= 4 is 28.1 Å². The van der Waals surface area contributed by atoms with Gasteiger partial charge in [0.1, 0.15) is 0 Å². The number of benzene rings is 4. The van der Waals surface area contributed by atoms with Crippen LogP contribution < -0.4 is 10.0 Å². The molecular formula is C31H34ClN3O4S. The average molecular weight is 580 g/mol. The first-order valence-electron chi connectivity index (χ1n) is 12.9. The normalized spacial score (nSPS) is 11.5. The number of non-ortho nitro benzene ring substituents is 1. The Hall–Kier alpha value is -3.56. The van der Waals surface area contributed by atoms with Crippen LogP contribution in [-0.4, -0.2) is 26.4 Å². The van der Waals surface area contributed by atoms with Crippen LogP contribution in [0.15, 0.2) is 114 Å². The van der Waals surface area contributed by atoms with Gasteiger partial charge >= 0.3 is 0 Å². The second-order valence-electron chi connectivity index (χ2n) is 9.66. The van der Waals surface area contributed by atoms with Crippen LogP contribution in [0, 0.1) is 17.0 Å². The van der Waals surface area contributed by atoms with Gasteiger partial charge in [-0.25, -0.2) is 13.1 Å². The second-order valence-corrected chi connectivity index (χ2v) is 11.4. The lowest BCUT2D eigenvalue weighted by Crippen LogP contribution is -2.42. The zero-order chi connectivity index (χ0) is 27.7. The number of hydrogen-bond acceptors (Lipinski definition) is 5. The van der Waals surface area contributed by atoms with E-state index in [0.29, 0.717) is 19.5 Å². The Kier molecular flexibility index (Phi) is 11.0. The summed E-state index contributed by atoms with van der Waals surface area (Å²) >= 11 is 0. The minimum atomic E-state index is -3.73. The molecule has 210 valence electrons. The number of hydrogen-bond donors (Lipinski definition) is 2. The smallest absolute Gasteiger partial charge is 0.269 e. The first kappa shape index (κ1) is 31.0. The van der Waals surface area contributed by atoms with Crippen molar-refractivity contribution in [1.82, 2.24) is 10.0 Å². The first-order valence-corrected chi connectivity index (χ1v) is 14.4. The minimum absolute atomic E-state index is 0. The Bertz CT molecular complexity index is 1440. The van der Waals surface area contributed by atoms with Gasteiger partial charge in [0, 0.05) is 30.6 Å². The number of aryl methyl sites for hydroxylation is 1. The van der Waals surface area contributed by atoms with E-state index >= 15 is 0 Å². The zero-order valence-electron chi connectivity index (χ0n) is 22.3. The first-order chi connectivity index (χ1) is 18.8. The van der Waals surface area contributed by atoms with Crippen molar-refractivity contribution in [3.63, 3.8) is 0 Å². The summed E-state index contributed by atoms with van der Waals surface area (Å²) in [5, 5.41) is 14.5. The van der Waals surface area contributed by atoms with Gasteiger partial charge in [0.2, 0.25) is 10.0 Å². The highest BCUT2D eigenvalue weighted by Crippen LogP contribution is 2.37. The molecule has 4 aromatic rings. The highest BCUT2D eigenvalue weighted by atomic mass is 35.5. The molecule has 40 heavy (non-hydrogen) atoms. The van der Waals surface area contributed by atoms with Crippen molar-refractivity contribution in [2.24, 2.45) is 0 Å². The molecule has 0 amide bonds. The maximum atomic E-state index is 13.3. The highest BCUT2D eigenvalue weighted by Gasteiger charge is 2.35. The third-order valence-corrected chi connectivity index (χ3v) is 8.37. The lowest BCUT2D eigenvalue weighted by Gasteiger charge is -2.36. The Labute approximate surface area is 242 Å². The Morgan fingerprint density at radius 1 is 0.825 bits per heavy atom. The topological polar surface area (TPSA) is 101 Å². The molecule has 2 N–H and O–H groups in total. The predicted octanol–water partition coefficient (Wildman–Crippen LogP) is 6.16. The number of halogens is 1. The second kappa shape index (κ2) is 14.2. The van der Waals surface area contributed by atoms with Gasteiger partial charge in [-0.05, 0) is 55.1 Å². The lowest BCUT2D eigenvalue weighted by molar-refractivity contribution is -0.384. The molecule has 7 nitrogen and oxygen atoms in total. The summed E-state index contributed by atoms with van der Waals surface area (Å²) in [6, 6.07) is 33.4. The number of sulfonamides is 1. The molecule has 0 heterocycles. The molecule has 4 aromatic carbocycles. The van der Waals surface area contributed by atoms with E-state index in [-0.39, 0.29) is 29.5 Å². The van der Waals surface area contributed by atoms with E-state index in [1.807, 2.05) is 73.7 Å². The SMILES string of the molecule is Cc1ccc(S(=O)(=O)NCC(CCCNCc2cccc([N+](=O)[O-])c2)(c2ccccc2)c2ccccc2)cc1.Cl. The van der Waals surface area contributed by atoms with Crippen molar-refractivity contribution in [2.75, 3.05) is 13.1 Å². The minimum Gasteiger partial charge on any atom is -0.313 e. The molecule has 0 saturated heterocycles. The molecule has 0 fully saturated rings. The fraction of sp³-hybridized carbons (Fsp3) is 0.226. The number of nitrogens with one attached hydrogen (secondary N) is 2. The summed E-state index contributed by atoms with van der Waals surface area (Å²) in [6.07, 6.45) is 1.43. The fourth-order valence-corrected chi connectivity index (χ4v) is 5.91. The van der Waals surface area contributed by atoms with Gasteiger partial charge < -0.3 is 5.32 Å². The monoisotopic (exact) mass is 579 g/mol. The summed E-state index contributed by atoms with van der Waals surface area (Å²) in [5.74, 6) is 0. The molecule has 0 radical (unpaired) electrons. The van der Waals surface area contributed by atoms with E-state index in [4.69, 9.17) is 0 Å². The van der Waals surface area contributed by atoms with E-state index in [1.54, 1.807) is 36.4 Å². The molecule has 4 rings (SSSR count). The van der Waals surface area contributed by atoms with E-state index < -0.39 is 20.4 Å². The molecule has 0 aliphatic carbocycles. The van der Waals surface area contributed by atoms with Gasteiger partial charge in [-0.2, -0.15) is 0 Å². The number of nitrogens with zero attached hydrogens (tertiary/aromatic N) is 1. The fourth-order valence-electron chi connectivity index (χ4n) is 4.81. The van der Waals surface area contributed by atoms with Gasteiger partial charge in [0.05, 0.1) is 9.82 Å². The van der Waals surface area contributed by atoms with Crippen molar-refractivity contribution in [3.8, 4) is 0 Å². The molecule has 0 unspecified atom stereocenters. The quantitative estimate of drug-likeness (QED) is 0.112.